The Labute approximate surface area is 117 Å². The van der Waals surface area contributed by atoms with Crippen molar-refractivity contribution in [3.8, 4) is 10.6 Å². The van der Waals surface area contributed by atoms with Gasteiger partial charge in [0.25, 0.3) is 0 Å². The van der Waals surface area contributed by atoms with Crippen molar-refractivity contribution in [3.63, 3.8) is 0 Å². The van der Waals surface area contributed by atoms with Crippen molar-refractivity contribution < 1.29 is 19.0 Å². The molecule has 0 unspecified atom stereocenters. The number of hydrogen-bond acceptors (Lipinski definition) is 4. The number of benzene rings is 1. The average Bonchev–Trinajstić information content (AvgIpc) is 2.73. The van der Waals surface area contributed by atoms with Crippen molar-refractivity contribution >= 4 is 28.9 Å². The van der Waals surface area contributed by atoms with Crippen molar-refractivity contribution in [3.05, 3.63) is 39.6 Å². The van der Waals surface area contributed by atoms with Gasteiger partial charge in [-0.2, -0.15) is 0 Å². The van der Waals surface area contributed by atoms with Gasteiger partial charge in [-0.3, -0.25) is 0 Å². The summed E-state index contributed by atoms with van der Waals surface area (Å²) in [4.78, 5) is 15.4. The number of carboxylic acids is 1. The van der Waals surface area contributed by atoms with E-state index in [1.54, 1.807) is 0 Å². The fourth-order valence-electron chi connectivity index (χ4n) is 1.53. The zero-order valence-electron chi connectivity index (χ0n) is 9.81. The van der Waals surface area contributed by atoms with Gasteiger partial charge in [0.15, 0.2) is 0 Å². The molecule has 1 heterocycles. The predicted octanol–water partition coefficient (Wildman–Crippen LogP) is 3.45. The highest BCUT2D eigenvalue weighted by Gasteiger charge is 2.19. The van der Waals surface area contributed by atoms with Gasteiger partial charge in [-0.25, -0.2) is 14.2 Å². The molecule has 0 amide bonds. The van der Waals surface area contributed by atoms with Crippen LogP contribution >= 0.6 is 22.9 Å². The summed E-state index contributed by atoms with van der Waals surface area (Å²) in [5, 5.41) is 9.70. The second kappa shape index (κ2) is 5.64. The van der Waals surface area contributed by atoms with Crippen LogP contribution in [0.4, 0.5) is 4.39 Å². The number of carboxylic acid groups (broad SMARTS) is 1. The number of thiazole rings is 1. The number of aromatic nitrogens is 1. The first-order valence-electron chi connectivity index (χ1n) is 5.20. The minimum Gasteiger partial charge on any atom is -0.477 e. The van der Waals surface area contributed by atoms with Crippen LogP contribution in [0.1, 0.15) is 15.4 Å². The molecule has 7 heteroatoms. The molecule has 0 aliphatic rings. The van der Waals surface area contributed by atoms with Gasteiger partial charge in [0.2, 0.25) is 0 Å². The Hall–Kier alpha value is -1.50. The van der Waals surface area contributed by atoms with Crippen LogP contribution in [-0.4, -0.2) is 23.2 Å². The number of methoxy groups -OCH3 is 1. The van der Waals surface area contributed by atoms with E-state index < -0.39 is 11.8 Å². The smallest absolute Gasteiger partial charge is 0.347 e. The monoisotopic (exact) mass is 301 g/mol. The van der Waals surface area contributed by atoms with Crippen molar-refractivity contribution in [1.82, 2.24) is 4.98 Å². The highest BCUT2D eigenvalue weighted by Crippen LogP contribution is 2.33. The summed E-state index contributed by atoms with van der Waals surface area (Å²) in [6.07, 6.45) is 0. The van der Waals surface area contributed by atoms with Gasteiger partial charge in [0.1, 0.15) is 15.7 Å². The number of carbonyl (C=O) groups is 1. The third kappa shape index (κ3) is 2.91. The second-order valence-electron chi connectivity index (χ2n) is 3.66. The van der Waals surface area contributed by atoms with Crippen molar-refractivity contribution in [2.75, 3.05) is 7.11 Å². The van der Waals surface area contributed by atoms with Gasteiger partial charge >= 0.3 is 5.97 Å². The summed E-state index contributed by atoms with van der Waals surface area (Å²) in [5.41, 5.74) is 0.827. The summed E-state index contributed by atoms with van der Waals surface area (Å²) < 4.78 is 17.9. The third-order valence-electron chi connectivity index (χ3n) is 2.33. The molecule has 100 valence electrons. The largest absolute Gasteiger partial charge is 0.477 e. The highest BCUT2D eigenvalue weighted by molar-refractivity contribution is 7.17. The SMILES string of the molecule is COCc1nc(-c2ccc(F)cc2Cl)sc1C(=O)O. The topological polar surface area (TPSA) is 59.4 Å². The van der Waals surface area contributed by atoms with Crippen LogP contribution in [0.3, 0.4) is 0 Å². The molecule has 19 heavy (non-hydrogen) atoms. The first-order valence-corrected chi connectivity index (χ1v) is 6.39. The summed E-state index contributed by atoms with van der Waals surface area (Å²) in [7, 11) is 1.45. The number of hydrogen-bond donors (Lipinski definition) is 1. The van der Waals surface area contributed by atoms with Gasteiger partial charge in [-0.1, -0.05) is 11.6 Å². The van der Waals surface area contributed by atoms with E-state index in [0.29, 0.717) is 16.3 Å². The Bertz CT molecular complexity index is 629. The molecule has 4 nitrogen and oxygen atoms in total. The molecular formula is C12H9ClFNO3S. The highest BCUT2D eigenvalue weighted by atomic mass is 35.5. The predicted molar refractivity (Wildman–Crippen MR) is 70.2 cm³/mol. The van der Waals surface area contributed by atoms with Crippen LogP contribution in [0, 0.1) is 5.82 Å². The van der Waals surface area contributed by atoms with Gasteiger partial charge in [0, 0.05) is 12.7 Å². The summed E-state index contributed by atoms with van der Waals surface area (Å²) in [6.45, 7) is 0.0942. The van der Waals surface area contributed by atoms with Crippen molar-refractivity contribution in [2.24, 2.45) is 0 Å². The average molecular weight is 302 g/mol. The summed E-state index contributed by atoms with van der Waals surface area (Å²) in [5.74, 6) is -1.53. The lowest BCUT2D eigenvalue weighted by atomic mass is 10.2. The first kappa shape index (κ1) is 13.9. The van der Waals surface area contributed by atoms with Gasteiger partial charge < -0.3 is 9.84 Å². The summed E-state index contributed by atoms with van der Waals surface area (Å²) in [6, 6.07) is 3.88. The molecule has 0 aliphatic carbocycles. The van der Waals surface area contributed by atoms with E-state index in [1.165, 1.54) is 19.2 Å². The fraction of sp³-hybridized carbons (Fsp3) is 0.167. The van der Waals surface area contributed by atoms with Gasteiger partial charge in [-0.05, 0) is 18.2 Å². The zero-order chi connectivity index (χ0) is 14.0. The Morgan fingerprint density at radius 2 is 2.32 bits per heavy atom. The minimum absolute atomic E-state index is 0.0942. The lowest BCUT2D eigenvalue weighted by Crippen LogP contribution is -1.99. The van der Waals surface area contributed by atoms with E-state index in [9.17, 15) is 9.18 Å². The molecule has 2 aromatic rings. The lowest BCUT2D eigenvalue weighted by Gasteiger charge is -1.99. The molecule has 0 fully saturated rings. The Morgan fingerprint density at radius 1 is 1.58 bits per heavy atom. The molecule has 1 aromatic carbocycles. The van der Waals surface area contributed by atoms with Gasteiger partial charge in [-0.15, -0.1) is 11.3 Å². The van der Waals surface area contributed by atoms with Crippen LogP contribution < -0.4 is 0 Å². The Kier molecular flexibility index (Phi) is 4.14. The van der Waals surface area contributed by atoms with E-state index >= 15 is 0 Å². The van der Waals surface area contributed by atoms with E-state index in [-0.39, 0.29) is 16.5 Å². The maximum Gasteiger partial charge on any atom is 0.347 e. The molecule has 0 saturated carbocycles. The van der Waals surface area contributed by atoms with E-state index in [2.05, 4.69) is 4.98 Å². The summed E-state index contributed by atoms with van der Waals surface area (Å²) >= 11 is 6.91. The molecule has 0 bridgehead atoms. The second-order valence-corrected chi connectivity index (χ2v) is 5.06. The molecule has 0 aliphatic heterocycles. The van der Waals surface area contributed by atoms with Crippen molar-refractivity contribution in [2.45, 2.75) is 6.61 Å². The Balaban J connectivity index is 2.50. The number of aromatic carboxylic acids is 1. The fourth-order valence-corrected chi connectivity index (χ4v) is 2.79. The zero-order valence-corrected chi connectivity index (χ0v) is 11.4. The number of nitrogens with zero attached hydrogens (tertiary/aromatic N) is 1. The van der Waals surface area contributed by atoms with Crippen LogP contribution in [0.15, 0.2) is 18.2 Å². The van der Waals surface area contributed by atoms with E-state index in [4.69, 9.17) is 21.4 Å². The molecule has 2 rings (SSSR count). The maximum atomic E-state index is 13.0. The Morgan fingerprint density at radius 3 is 2.89 bits per heavy atom. The van der Waals surface area contributed by atoms with Crippen LogP contribution in [0.5, 0.6) is 0 Å². The minimum atomic E-state index is -1.07. The number of ether oxygens (including phenoxy) is 1. The molecule has 0 radical (unpaired) electrons. The molecule has 0 spiro atoms. The van der Waals surface area contributed by atoms with Crippen LogP contribution in [0.2, 0.25) is 5.02 Å². The maximum absolute atomic E-state index is 13.0. The first-order chi connectivity index (χ1) is 9.02. The van der Waals surface area contributed by atoms with Crippen molar-refractivity contribution in [1.29, 1.82) is 0 Å². The van der Waals surface area contributed by atoms with Gasteiger partial charge in [0.05, 0.1) is 17.3 Å². The molecule has 1 aromatic heterocycles. The normalized spacial score (nSPS) is 10.7. The quantitative estimate of drug-likeness (QED) is 0.939. The lowest BCUT2D eigenvalue weighted by molar-refractivity contribution is 0.0697. The van der Waals surface area contributed by atoms with Crippen LogP contribution in [0.25, 0.3) is 10.6 Å². The van der Waals surface area contributed by atoms with Crippen LogP contribution in [-0.2, 0) is 11.3 Å². The standard InChI is InChI=1S/C12H9ClFNO3S/c1-18-5-9-10(12(16)17)19-11(15-9)7-3-2-6(14)4-8(7)13/h2-4H,5H2,1H3,(H,16,17). The molecule has 0 atom stereocenters. The number of rotatable bonds is 4. The molecular weight excluding hydrogens is 293 g/mol. The van der Waals surface area contributed by atoms with E-state index in [0.717, 1.165) is 17.4 Å². The van der Waals surface area contributed by atoms with E-state index in [1.807, 2.05) is 0 Å². The molecule has 1 N–H and O–H groups in total. The number of halogens is 2. The third-order valence-corrected chi connectivity index (χ3v) is 3.77. The molecule has 0 saturated heterocycles.